The van der Waals surface area contributed by atoms with E-state index in [1.807, 2.05) is 37.4 Å². The van der Waals surface area contributed by atoms with E-state index >= 15 is 0 Å². The summed E-state index contributed by atoms with van der Waals surface area (Å²) in [6, 6.07) is 14.1. The van der Waals surface area contributed by atoms with Crippen LogP contribution in [-0.2, 0) is 0 Å². The third kappa shape index (κ3) is 4.73. The predicted molar refractivity (Wildman–Crippen MR) is 141 cm³/mol. The van der Waals surface area contributed by atoms with Gasteiger partial charge in [0.1, 0.15) is 0 Å². The van der Waals surface area contributed by atoms with Crippen LogP contribution in [-0.4, -0.2) is 22.6 Å². The first-order valence-electron chi connectivity index (χ1n) is 10.7. The standard InChI is InChI=1S/C25H18Cl2N4O4S/c1-14-3-4-15(2)20(7-14)29-25-30(22(12-36-25)18-6-5-17(26)9-19(18)27)28-11-16-8-23-24(35-13-34-23)10-21(16)31(32)33/h3-12H,13H2,1-2H3. The molecule has 1 aliphatic rings. The van der Waals surface area contributed by atoms with Crippen LogP contribution in [0.3, 0.4) is 0 Å². The lowest BCUT2D eigenvalue weighted by Gasteiger charge is -2.07. The highest BCUT2D eigenvalue weighted by Gasteiger charge is 2.23. The Bertz CT molecular complexity index is 1610. The molecule has 5 rings (SSSR count). The molecule has 8 nitrogen and oxygen atoms in total. The zero-order chi connectivity index (χ0) is 25.4. The number of hydrogen-bond acceptors (Lipinski definition) is 7. The Morgan fingerprint density at radius 2 is 1.86 bits per heavy atom. The van der Waals surface area contributed by atoms with E-state index in [0.717, 1.165) is 16.8 Å². The number of benzene rings is 3. The van der Waals surface area contributed by atoms with Gasteiger partial charge in [-0.2, -0.15) is 5.10 Å². The van der Waals surface area contributed by atoms with Crippen LogP contribution in [0.15, 0.2) is 64.0 Å². The van der Waals surface area contributed by atoms with Gasteiger partial charge in [0.2, 0.25) is 11.6 Å². The number of halogens is 2. The molecule has 1 aromatic heterocycles. The van der Waals surface area contributed by atoms with Crippen LogP contribution < -0.4 is 14.3 Å². The second kappa shape index (κ2) is 9.77. The van der Waals surface area contributed by atoms with E-state index in [0.29, 0.717) is 37.6 Å². The van der Waals surface area contributed by atoms with Gasteiger partial charge >= 0.3 is 0 Å². The molecule has 11 heteroatoms. The van der Waals surface area contributed by atoms with Crippen LogP contribution >= 0.6 is 34.5 Å². The van der Waals surface area contributed by atoms with Gasteiger partial charge in [0.15, 0.2) is 11.5 Å². The lowest BCUT2D eigenvalue weighted by Crippen LogP contribution is -2.12. The SMILES string of the molecule is Cc1ccc(C)c(N=c2scc(-c3ccc(Cl)cc3Cl)n2N=Cc2cc3c(cc2[N+](=O)[O-])OCO3)c1. The summed E-state index contributed by atoms with van der Waals surface area (Å²) in [5.41, 5.74) is 4.32. The van der Waals surface area contributed by atoms with Gasteiger partial charge in [-0.1, -0.05) is 35.3 Å². The fourth-order valence-corrected chi connectivity index (χ4v) is 4.99. The first kappa shape index (κ1) is 24.1. The van der Waals surface area contributed by atoms with E-state index in [-0.39, 0.29) is 18.0 Å². The number of ether oxygens (including phenoxy) is 2. The summed E-state index contributed by atoms with van der Waals surface area (Å²) in [7, 11) is 0. The topological polar surface area (TPSA) is 91.2 Å². The van der Waals surface area contributed by atoms with Gasteiger partial charge in [-0.15, -0.1) is 11.3 Å². The van der Waals surface area contributed by atoms with E-state index in [9.17, 15) is 10.1 Å². The van der Waals surface area contributed by atoms with E-state index in [4.69, 9.17) is 37.7 Å². The van der Waals surface area contributed by atoms with Crippen molar-refractivity contribution in [2.24, 2.45) is 10.1 Å². The summed E-state index contributed by atoms with van der Waals surface area (Å²) in [6.45, 7) is 3.98. The number of aryl methyl sites for hydroxylation is 2. The van der Waals surface area contributed by atoms with Gasteiger partial charge in [-0.3, -0.25) is 10.1 Å². The molecule has 3 aromatic carbocycles. The molecule has 182 valence electrons. The molecule has 36 heavy (non-hydrogen) atoms. The van der Waals surface area contributed by atoms with E-state index in [1.54, 1.807) is 22.9 Å². The molecule has 0 spiro atoms. The highest BCUT2D eigenvalue weighted by atomic mass is 35.5. The maximum atomic E-state index is 11.7. The van der Waals surface area contributed by atoms with Crippen molar-refractivity contribution in [1.29, 1.82) is 0 Å². The highest BCUT2D eigenvalue weighted by molar-refractivity contribution is 7.07. The van der Waals surface area contributed by atoms with Crippen molar-refractivity contribution in [3.63, 3.8) is 0 Å². The Morgan fingerprint density at radius 3 is 2.61 bits per heavy atom. The molecule has 0 atom stereocenters. The van der Waals surface area contributed by atoms with Crippen molar-refractivity contribution < 1.29 is 14.4 Å². The quantitative estimate of drug-likeness (QED) is 0.156. The zero-order valence-electron chi connectivity index (χ0n) is 19.1. The molecule has 0 amide bonds. The van der Waals surface area contributed by atoms with Crippen LogP contribution in [0.5, 0.6) is 11.5 Å². The van der Waals surface area contributed by atoms with Crippen LogP contribution in [0.1, 0.15) is 16.7 Å². The molecule has 0 N–H and O–H groups in total. The average molecular weight is 541 g/mol. The Balaban J connectivity index is 1.70. The normalized spacial score (nSPS) is 13.1. The van der Waals surface area contributed by atoms with Gasteiger partial charge in [0.25, 0.3) is 5.69 Å². The summed E-state index contributed by atoms with van der Waals surface area (Å²) in [6.07, 6.45) is 1.41. The molecule has 1 aliphatic heterocycles. The van der Waals surface area contributed by atoms with Crippen molar-refractivity contribution in [3.8, 4) is 22.8 Å². The summed E-state index contributed by atoms with van der Waals surface area (Å²) >= 11 is 14.0. The third-order valence-electron chi connectivity index (χ3n) is 5.50. The van der Waals surface area contributed by atoms with Gasteiger partial charge in [-0.25, -0.2) is 9.67 Å². The molecule has 0 aliphatic carbocycles. The van der Waals surface area contributed by atoms with Crippen LogP contribution in [0, 0.1) is 24.0 Å². The Hall–Kier alpha value is -3.66. The van der Waals surface area contributed by atoms with Gasteiger partial charge in [-0.05, 0) is 55.3 Å². The number of nitro groups is 1. The molecule has 2 heterocycles. The molecule has 0 saturated carbocycles. The highest BCUT2D eigenvalue weighted by Crippen LogP contribution is 2.37. The second-order valence-electron chi connectivity index (χ2n) is 8.01. The van der Waals surface area contributed by atoms with Crippen molar-refractivity contribution in [3.05, 3.63) is 95.6 Å². The van der Waals surface area contributed by atoms with Crippen molar-refractivity contribution >= 4 is 52.1 Å². The minimum absolute atomic E-state index is 0.00441. The molecule has 4 aromatic rings. The zero-order valence-corrected chi connectivity index (χ0v) is 21.4. The summed E-state index contributed by atoms with van der Waals surface area (Å²) in [5, 5.41) is 19.2. The van der Waals surface area contributed by atoms with Gasteiger partial charge < -0.3 is 9.47 Å². The number of nitrogens with zero attached hydrogens (tertiary/aromatic N) is 4. The van der Waals surface area contributed by atoms with Gasteiger partial charge in [0, 0.05) is 16.0 Å². The van der Waals surface area contributed by atoms with E-state index in [2.05, 4.69) is 5.10 Å². The Morgan fingerprint density at radius 1 is 1.08 bits per heavy atom. The van der Waals surface area contributed by atoms with Crippen molar-refractivity contribution in [1.82, 2.24) is 4.68 Å². The molecule has 0 saturated heterocycles. The van der Waals surface area contributed by atoms with Crippen LogP contribution in [0.25, 0.3) is 11.3 Å². The lowest BCUT2D eigenvalue weighted by molar-refractivity contribution is -0.385. The first-order valence-corrected chi connectivity index (χ1v) is 12.3. The monoisotopic (exact) mass is 540 g/mol. The van der Waals surface area contributed by atoms with Crippen molar-refractivity contribution in [2.45, 2.75) is 13.8 Å². The number of aromatic nitrogens is 1. The summed E-state index contributed by atoms with van der Waals surface area (Å²) < 4.78 is 12.3. The summed E-state index contributed by atoms with van der Waals surface area (Å²) in [5.74, 6) is 0.736. The molecule has 0 fully saturated rings. The van der Waals surface area contributed by atoms with E-state index in [1.165, 1.54) is 29.7 Å². The Labute approximate surface area is 219 Å². The predicted octanol–water partition coefficient (Wildman–Crippen LogP) is 6.89. The van der Waals surface area contributed by atoms with Crippen LogP contribution in [0.4, 0.5) is 11.4 Å². The number of rotatable bonds is 5. The first-order chi connectivity index (χ1) is 17.3. The largest absolute Gasteiger partial charge is 0.454 e. The minimum atomic E-state index is -0.486. The number of nitro benzene ring substituents is 1. The third-order valence-corrected chi connectivity index (χ3v) is 6.87. The molecule has 0 unspecified atom stereocenters. The fourth-order valence-electron chi connectivity index (χ4n) is 3.64. The smallest absolute Gasteiger partial charge is 0.282 e. The van der Waals surface area contributed by atoms with Crippen LogP contribution in [0.2, 0.25) is 10.0 Å². The summed E-state index contributed by atoms with van der Waals surface area (Å²) in [4.78, 5) is 16.6. The molecular formula is C25H18Cl2N4O4S. The average Bonchev–Trinajstić information content (AvgIpc) is 3.45. The molecular weight excluding hydrogens is 523 g/mol. The second-order valence-corrected chi connectivity index (χ2v) is 9.69. The maximum absolute atomic E-state index is 11.7. The Kier molecular flexibility index (Phi) is 6.53. The minimum Gasteiger partial charge on any atom is -0.454 e. The van der Waals surface area contributed by atoms with E-state index < -0.39 is 4.92 Å². The molecule has 0 radical (unpaired) electrons. The molecule has 0 bridgehead atoms. The van der Waals surface area contributed by atoms with Crippen molar-refractivity contribution in [2.75, 3.05) is 6.79 Å². The maximum Gasteiger partial charge on any atom is 0.282 e. The number of hydrogen-bond donors (Lipinski definition) is 0. The van der Waals surface area contributed by atoms with Gasteiger partial charge in [0.05, 0.1) is 39.2 Å². The lowest BCUT2D eigenvalue weighted by atomic mass is 10.1. The fraction of sp³-hybridized carbons (Fsp3) is 0.120. The number of fused-ring (bicyclic) bond motifs is 1. The number of thiazole rings is 1.